The van der Waals surface area contributed by atoms with Gasteiger partial charge in [-0.3, -0.25) is 4.79 Å². The molecular formula is C13H20N2O2S2. The van der Waals surface area contributed by atoms with Crippen LogP contribution in [-0.4, -0.2) is 45.8 Å². The Morgan fingerprint density at radius 2 is 2.53 bits per heavy atom. The molecule has 4 nitrogen and oxygen atoms in total. The zero-order valence-electron chi connectivity index (χ0n) is 11.2. The molecule has 1 fully saturated rings. The third-order valence-electron chi connectivity index (χ3n) is 3.29. The second-order valence-electron chi connectivity index (χ2n) is 4.73. The Hall–Kier alpha value is -0.590. The molecule has 0 aromatic carbocycles. The first-order valence-corrected chi connectivity index (χ1v) is 8.63. The molecule has 1 aromatic rings. The third kappa shape index (κ3) is 4.19. The van der Waals surface area contributed by atoms with Crippen LogP contribution in [-0.2, 0) is 10.5 Å². The standard InChI is InChI=1S/C13H20N2O2S2/c1-10-14-11(9-19-10)8-18-6-4-13(17)15-5-2-3-12(15)7-16/h9,12,16H,2-8H2,1H3/t12-/m1/s1. The summed E-state index contributed by atoms with van der Waals surface area (Å²) in [6.45, 7) is 2.90. The molecule has 19 heavy (non-hydrogen) atoms. The number of hydrogen-bond donors (Lipinski definition) is 1. The summed E-state index contributed by atoms with van der Waals surface area (Å²) in [7, 11) is 0. The van der Waals surface area contributed by atoms with Crippen molar-refractivity contribution in [3.05, 3.63) is 16.1 Å². The maximum atomic E-state index is 12.0. The van der Waals surface area contributed by atoms with E-state index in [1.54, 1.807) is 23.1 Å². The Bertz CT molecular complexity index is 423. The fourth-order valence-electron chi connectivity index (χ4n) is 2.31. The maximum absolute atomic E-state index is 12.0. The van der Waals surface area contributed by atoms with E-state index in [1.807, 2.05) is 11.8 Å². The lowest BCUT2D eigenvalue weighted by atomic mass is 10.2. The summed E-state index contributed by atoms with van der Waals surface area (Å²) in [5.74, 6) is 1.88. The molecule has 106 valence electrons. The predicted molar refractivity (Wildman–Crippen MR) is 79.5 cm³/mol. The number of hydrogen-bond acceptors (Lipinski definition) is 5. The quantitative estimate of drug-likeness (QED) is 0.817. The smallest absolute Gasteiger partial charge is 0.223 e. The van der Waals surface area contributed by atoms with Gasteiger partial charge in [-0.1, -0.05) is 0 Å². The first kappa shape index (κ1) is 14.8. The molecule has 0 saturated carbocycles. The van der Waals surface area contributed by atoms with Gasteiger partial charge in [-0.15, -0.1) is 11.3 Å². The molecule has 1 aliphatic heterocycles. The second-order valence-corrected chi connectivity index (χ2v) is 6.89. The molecule has 0 unspecified atom stereocenters. The second kappa shape index (κ2) is 7.26. The Morgan fingerprint density at radius 3 is 3.21 bits per heavy atom. The van der Waals surface area contributed by atoms with Crippen LogP contribution >= 0.6 is 23.1 Å². The lowest BCUT2D eigenvalue weighted by Gasteiger charge is -2.22. The van der Waals surface area contributed by atoms with Crippen LogP contribution in [0.15, 0.2) is 5.38 Å². The summed E-state index contributed by atoms with van der Waals surface area (Å²) in [6.07, 6.45) is 2.51. The van der Waals surface area contributed by atoms with Gasteiger partial charge in [0.15, 0.2) is 0 Å². The number of aryl methyl sites for hydroxylation is 1. The van der Waals surface area contributed by atoms with Gasteiger partial charge in [0.25, 0.3) is 0 Å². The highest BCUT2D eigenvalue weighted by Crippen LogP contribution is 2.20. The Kier molecular flexibility index (Phi) is 5.66. The van der Waals surface area contributed by atoms with Crippen LogP contribution in [0, 0.1) is 6.92 Å². The molecule has 2 rings (SSSR count). The van der Waals surface area contributed by atoms with Crippen LogP contribution in [0.2, 0.25) is 0 Å². The van der Waals surface area contributed by atoms with Crippen molar-refractivity contribution in [2.45, 2.75) is 38.0 Å². The number of thiazole rings is 1. The Balaban J connectivity index is 1.66. The fraction of sp³-hybridized carbons (Fsp3) is 0.692. The van der Waals surface area contributed by atoms with Crippen LogP contribution in [0.1, 0.15) is 30.0 Å². The number of carbonyl (C=O) groups is 1. The lowest BCUT2D eigenvalue weighted by molar-refractivity contribution is -0.132. The molecule has 0 aliphatic carbocycles. The van der Waals surface area contributed by atoms with Crippen molar-refractivity contribution < 1.29 is 9.90 Å². The minimum atomic E-state index is 0.0543. The Morgan fingerprint density at radius 1 is 1.68 bits per heavy atom. The van der Waals surface area contributed by atoms with E-state index in [4.69, 9.17) is 0 Å². The van der Waals surface area contributed by atoms with Crippen molar-refractivity contribution in [1.82, 2.24) is 9.88 Å². The van der Waals surface area contributed by atoms with Gasteiger partial charge in [0.1, 0.15) is 0 Å². The zero-order chi connectivity index (χ0) is 13.7. The zero-order valence-corrected chi connectivity index (χ0v) is 12.8. The van der Waals surface area contributed by atoms with E-state index >= 15 is 0 Å². The van der Waals surface area contributed by atoms with Crippen LogP contribution in [0.3, 0.4) is 0 Å². The summed E-state index contributed by atoms with van der Waals surface area (Å²) in [5.41, 5.74) is 1.11. The number of amides is 1. The van der Waals surface area contributed by atoms with Crippen LogP contribution in [0.4, 0.5) is 0 Å². The van der Waals surface area contributed by atoms with Gasteiger partial charge in [-0.2, -0.15) is 11.8 Å². The summed E-state index contributed by atoms with van der Waals surface area (Å²) in [4.78, 5) is 18.3. The maximum Gasteiger partial charge on any atom is 0.223 e. The van der Waals surface area contributed by atoms with Crippen LogP contribution in [0.5, 0.6) is 0 Å². The molecule has 0 radical (unpaired) electrons. The average Bonchev–Trinajstić information content (AvgIpc) is 3.02. The third-order valence-corrected chi connectivity index (χ3v) is 5.10. The summed E-state index contributed by atoms with van der Waals surface area (Å²) in [6, 6.07) is 0.0543. The van der Waals surface area contributed by atoms with Gasteiger partial charge in [-0.25, -0.2) is 4.98 Å². The topological polar surface area (TPSA) is 53.4 Å². The minimum absolute atomic E-state index is 0.0543. The van der Waals surface area contributed by atoms with Crippen LogP contribution in [0.25, 0.3) is 0 Å². The number of aromatic nitrogens is 1. The number of rotatable bonds is 6. The van der Waals surface area contributed by atoms with Gasteiger partial charge in [0.2, 0.25) is 5.91 Å². The Labute approximate surface area is 122 Å². The molecule has 1 N–H and O–H groups in total. The number of carbonyl (C=O) groups excluding carboxylic acids is 1. The molecule has 2 heterocycles. The molecule has 1 aromatic heterocycles. The van der Waals surface area contributed by atoms with Gasteiger partial charge < -0.3 is 10.0 Å². The van der Waals surface area contributed by atoms with E-state index in [0.717, 1.165) is 41.6 Å². The van der Waals surface area contributed by atoms with Crippen molar-refractivity contribution in [2.24, 2.45) is 0 Å². The highest BCUT2D eigenvalue weighted by molar-refractivity contribution is 7.98. The highest BCUT2D eigenvalue weighted by atomic mass is 32.2. The lowest BCUT2D eigenvalue weighted by Crippen LogP contribution is -2.37. The van der Waals surface area contributed by atoms with Crippen molar-refractivity contribution in [3.63, 3.8) is 0 Å². The number of aliphatic hydroxyl groups excluding tert-OH is 1. The van der Waals surface area contributed by atoms with Gasteiger partial charge in [0.05, 0.1) is 23.4 Å². The largest absolute Gasteiger partial charge is 0.394 e. The van der Waals surface area contributed by atoms with E-state index in [2.05, 4.69) is 10.4 Å². The van der Waals surface area contributed by atoms with E-state index < -0.39 is 0 Å². The molecule has 0 bridgehead atoms. The summed E-state index contributed by atoms with van der Waals surface area (Å²) >= 11 is 3.41. The van der Waals surface area contributed by atoms with E-state index in [9.17, 15) is 9.90 Å². The van der Waals surface area contributed by atoms with Crippen molar-refractivity contribution in [1.29, 1.82) is 0 Å². The van der Waals surface area contributed by atoms with Gasteiger partial charge >= 0.3 is 0 Å². The minimum Gasteiger partial charge on any atom is -0.394 e. The van der Waals surface area contributed by atoms with E-state index in [0.29, 0.717) is 6.42 Å². The number of aliphatic hydroxyl groups is 1. The van der Waals surface area contributed by atoms with Crippen LogP contribution < -0.4 is 0 Å². The highest BCUT2D eigenvalue weighted by Gasteiger charge is 2.27. The molecular weight excluding hydrogens is 280 g/mol. The van der Waals surface area contributed by atoms with Gasteiger partial charge in [-0.05, 0) is 19.8 Å². The van der Waals surface area contributed by atoms with Crippen molar-refractivity contribution >= 4 is 29.0 Å². The first-order valence-electron chi connectivity index (χ1n) is 6.60. The van der Waals surface area contributed by atoms with E-state index in [1.165, 1.54) is 0 Å². The molecule has 1 atom stereocenters. The SMILES string of the molecule is Cc1nc(CSCCC(=O)N2CCC[C@@H]2CO)cs1. The summed E-state index contributed by atoms with van der Waals surface area (Å²) in [5, 5.41) is 12.4. The first-order chi connectivity index (χ1) is 9.20. The van der Waals surface area contributed by atoms with Gasteiger partial charge in [0, 0.05) is 29.9 Å². The van der Waals surface area contributed by atoms with Crippen molar-refractivity contribution in [2.75, 3.05) is 18.9 Å². The van der Waals surface area contributed by atoms with Crippen molar-refractivity contribution in [3.8, 4) is 0 Å². The predicted octanol–water partition coefficient (Wildman–Crippen LogP) is 2.06. The monoisotopic (exact) mass is 300 g/mol. The average molecular weight is 300 g/mol. The van der Waals surface area contributed by atoms with E-state index in [-0.39, 0.29) is 18.6 Å². The molecule has 6 heteroatoms. The molecule has 1 amide bonds. The molecule has 0 spiro atoms. The number of likely N-dealkylation sites (tertiary alicyclic amines) is 1. The molecule has 1 saturated heterocycles. The molecule has 1 aliphatic rings. The normalized spacial score (nSPS) is 19.1. The summed E-state index contributed by atoms with van der Waals surface area (Å²) < 4.78 is 0. The fourth-order valence-corrected chi connectivity index (χ4v) is 3.85. The number of nitrogens with zero attached hydrogens (tertiary/aromatic N) is 2. The number of thioether (sulfide) groups is 1.